The molecule has 2 N–H and O–H groups in total. The average Bonchev–Trinajstić information content (AvgIpc) is 3.37. The van der Waals surface area contributed by atoms with Crippen molar-refractivity contribution in [1.82, 2.24) is 10.2 Å². The SMILES string of the molecule is CC1(C(=O)NC(CCO)C2CC2)CCCN1C(=O)c1ccccc1. The number of hydrogen-bond donors (Lipinski definition) is 2. The number of nitrogens with zero attached hydrogens (tertiary/aromatic N) is 1. The van der Waals surface area contributed by atoms with Crippen LogP contribution in [0.4, 0.5) is 0 Å². The van der Waals surface area contributed by atoms with Crippen molar-refractivity contribution >= 4 is 11.8 Å². The summed E-state index contributed by atoms with van der Waals surface area (Å²) in [5, 5.41) is 12.3. The fourth-order valence-corrected chi connectivity index (χ4v) is 3.65. The van der Waals surface area contributed by atoms with Crippen molar-refractivity contribution in [3.63, 3.8) is 0 Å². The molecule has 2 atom stereocenters. The van der Waals surface area contributed by atoms with Gasteiger partial charge in [-0.1, -0.05) is 18.2 Å². The highest BCUT2D eigenvalue weighted by molar-refractivity contribution is 5.99. The third-order valence-corrected chi connectivity index (χ3v) is 5.34. The summed E-state index contributed by atoms with van der Waals surface area (Å²) in [6.45, 7) is 2.54. The van der Waals surface area contributed by atoms with E-state index in [1.165, 1.54) is 0 Å². The number of aliphatic hydroxyl groups excluding tert-OH is 1. The molecule has 1 heterocycles. The minimum absolute atomic E-state index is 0.0219. The van der Waals surface area contributed by atoms with Gasteiger partial charge in [0.25, 0.3) is 5.91 Å². The summed E-state index contributed by atoms with van der Waals surface area (Å²) in [7, 11) is 0. The fourth-order valence-electron chi connectivity index (χ4n) is 3.65. The normalized spacial score (nSPS) is 24.7. The Kier molecular flexibility index (Phi) is 4.90. The molecule has 3 rings (SSSR count). The minimum atomic E-state index is -0.810. The average molecular weight is 330 g/mol. The van der Waals surface area contributed by atoms with Crippen LogP contribution < -0.4 is 5.32 Å². The standard InChI is InChI=1S/C19H26N2O3/c1-19(18(24)20-16(10-13-22)14-8-9-14)11-5-12-21(19)17(23)15-6-3-2-4-7-15/h2-4,6-7,14,16,22H,5,8-13H2,1H3,(H,20,24). The molecule has 1 aliphatic carbocycles. The van der Waals surface area contributed by atoms with Crippen molar-refractivity contribution in [2.45, 2.75) is 50.6 Å². The van der Waals surface area contributed by atoms with E-state index in [-0.39, 0.29) is 24.5 Å². The molecule has 0 aromatic heterocycles. The lowest BCUT2D eigenvalue weighted by Crippen LogP contribution is -2.57. The van der Waals surface area contributed by atoms with E-state index in [0.717, 1.165) is 19.3 Å². The zero-order valence-corrected chi connectivity index (χ0v) is 14.2. The van der Waals surface area contributed by atoms with Crippen LogP contribution in [-0.4, -0.2) is 46.6 Å². The molecule has 2 fully saturated rings. The van der Waals surface area contributed by atoms with E-state index in [0.29, 0.717) is 30.9 Å². The summed E-state index contributed by atoms with van der Waals surface area (Å²) in [6, 6.07) is 9.15. The molecule has 1 aromatic rings. The summed E-state index contributed by atoms with van der Waals surface area (Å²) in [4.78, 5) is 27.5. The summed E-state index contributed by atoms with van der Waals surface area (Å²) in [5.74, 6) is 0.301. The van der Waals surface area contributed by atoms with Crippen molar-refractivity contribution < 1.29 is 14.7 Å². The molecule has 2 unspecified atom stereocenters. The van der Waals surface area contributed by atoms with Gasteiger partial charge in [0.05, 0.1) is 0 Å². The maximum Gasteiger partial charge on any atom is 0.254 e. The van der Waals surface area contributed by atoms with Gasteiger partial charge >= 0.3 is 0 Å². The molecule has 0 spiro atoms. The second-order valence-electron chi connectivity index (χ2n) is 7.13. The Labute approximate surface area is 143 Å². The molecule has 2 amide bonds. The number of aliphatic hydroxyl groups is 1. The van der Waals surface area contributed by atoms with Crippen LogP contribution >= 0.6 is 0 Å². The first-order valence-corrected chi connectivity index (χ1v) is 8.85. The highest BCUT2D eigenvalue weighted by Crippen LogP contribution is 2.36. The van der Waals surface area contributed by atoms with Gasteiger partial charge in [-0.2, -0.15) is 0 Å². The number of amides is 2. The zero-order chi connectivity index (χ0) is 17.2. The van der Waals surface area contributed by atoms with E-state index in [2.05, 4.69) is 5.32 Å². The van der Waals surface area contributed by atoms with Crippen LogP contribution in [-0.2, 0) is 4.79 Å². The molecule has 1 aromatic carbocycles. The van der Waals surface area contributed by atoms with Gasteiger partial charge in [0, 0.05) is 24.8 Å². The van der Waals surface area contributed by atoms with Crippen molar-refractivity contribution in [3.8, 4) is 0 Å². The first kappa shape index (κ1) is 17.0. The Morgan fingerprint density at radius 1 is 1.33 bits per heavy atom. The number of carbonyl (C=O) groups is 2. The highest BCUT2D eigenvalue weighted by Gasteiger charge is 2.47. The van der Waals surface area contributed by atoms with Gasteiger partial charge < -0.3 is 15.3 Å². The van der Waals surface area contributed by atoms with Gasteiger partial charge in [-0.15, -0.1) is 0 Å². The quantitative estimate of drug-likeness (QED) is 0.838. The van der Waals surface area contributed by atoms with Crippen LogP contribution in [0.3, 0.4) is 0 Å². The number of benzene rings is 1. The monoisotopic (exact) mass is 330 g/mol. The molecule has 1 saturated heterocycles. The molecule has 1 saturated carbocycles. The number of carbonyl (C=O) groups excluding carboxylic acids is 2. The predicted molar refractivity (Wildman–Crippen MR) is 91.5 cm³/mol. The maximum atomic E-state index is 12.9. The largest absolute Gasteiger partial charge is 0.396 e. The molecule has 1 aliphatic heterocycles. The van der Waals surface area contributed by atoms with Gasteiger partial charge in [0.15, 0.2) is 0 Å². The van der Waals surface area contributed by atoms with E-state index < -0.39 is 5.54 Å². The van der Waals surface area contributed by atoms with E-state index in [4.69, 9.17) is 0 Å². The van der Waals surface area contributed by atoms with Gasteiger partial charge in [-0.25, -0.2) is 0 Å². The molecular formula is C19H26N2O3. The fraction of sp³-hybridized carbons (Fsp3) is 0.579. The van der Waals surface area contributed by atoms with E-state index in [1.807, 2.05) is 25.1 Å². The first-order valence-electron chi connectivity index (χ1n) is 8.85. The van der Waals surface area contributed by atoms with Crippen molar-refractivity contribution in [3.05, 3.63) is 35.9 Å². The van der Waals surface area contributed by atoms with E-state index in [1.54, 1.807) is 17.0 Å². The Bertz CT molecular complexity index is 600. The van der Waals surface area contributed by atoms with Gasteiger partial charge in [0.1, 0.15) is 5.54 Å². The lowest BCUT2D eigenvalue weighted by atomic mass is 9.95. The third-order valence-electron chi connectivity index (χ3n) is 5.34. The molecule has 0 bridgehead atoms. The molecular weight excluding hydrogens is 304 g/mol. The third kappa shape index (κ3) is 3.31. The molecule has 5 nitrogen and oxygen atoms in total. The summed E-state index contributed by atoms with van der Waals surface area (Å²) >= 11 is 0. The maximum absolute atomic E-state index is 12.9. The minimum Gasteiger partial charge on any atom is -0.396 e. The Morgan fingerprint density at radius 3 is 2.67 bits per heavy atom. The number of hydrogen-bond acceptors (Lipinski definition) is 3. The molecule has 24 heavy (non-hydrogen) atoms. The Balaban J connectivity index is 1.74. The molecule has 130 valence electrons. The lowest BCUT2D eigenvalue weighted by Gasteiger charge is -2.35. The number of rotatable bonds is 6. The summed E-state index contributed by atoms with van der Waals surface area (Å²) in [5.41, 5.74) is -0.192. The lowest BCUT2D eigenvalue weighted by molar-refractivity contribution is -0.130. The van der Waals surface area contributed by atoms with Crippen molar-refractivity contribution in [1.29, 1.82) is 0 Å². The second kappa shape index (κ2) is 6.93. The van der Waals surface area contributed by atoms with E-state index >= 15 is 0 Å². The van der Waals surface area contributed by atoms with Crippen molar-refractivity contribution in [2.75, 3.05) is 13.2 Å². The van der Waals surface area contributed by atoms with Crippen molar-refractivity contribution in [2.24, 2.45) is 5.92 Å². The second-order valence-corrected chi connectivity index (χ2v) is 7.13. The van der Waals surface area contributed by atoms with Crippen LogP contribution in [0.5, 0.6) is 0 Å². The Hall–Kier alpha value is -1.88. The van der Waals surface area contributed by atoms with Crippen LogP contribution in [0.1, 0.15) is 49.4 Å². The summed E-state index contributed by atoms with van der Waals surface area (Å²) < 4.78 is 0. The van der Waals surface area contributed by atoms with Gasteiger partial charge in [-0.3, -0.25) is 9.59 Å². The zero-order valence-electron chi connectivity index (χ0n) is 14.2. The topological polar surface area (TPSA) is 69.6 Å². The highest BCUT2D eigenvalue weighted by atomic mass is 16.3. The Morgan fingerprint density at radius 2 is 2.04 bits per heavy atom. The van der Waals surface area contributed by atoms with E-state index in [9.17, 15) is 14.7 Å². The smallest absolute Gasteiger partial charge is 0.254 e. The van der Waals surface area contributed by atoms with Crippen LogP contribution in [0, 0.1) is 5.92 Å². The van der Waals surface area contributed by atoms with Gasteiger partial charge in [0.2, 0.25) is 5.91 Å². The van der Waals surface area contributed by atoms with Crippen LogP contribution in [0.15, 0.2) is 30.3 Å². The van der Waals surface area contributed by atoms with Gasteiger partial charge in [-0.05, 0) is 57.1 Å². The predicted octanol–water partition coefficient (Wildman–Crippen LogP) is 1.96. The van der Waals surface area contributed by atoms with Crippen LogP contribution in [0.2, 0.25) is 0 Å². The molecule has 0 radical (unpaired) electrons. The molecule has 5 heteroatoms. The number of likely N-dealkylation sites (tertiary alicyclic amines) is 1. The summed E-state index contributed by atoms with van der Waals surface area (Å²) in [6.07, 6.45) is 4.30. The first-order chi connectivity index (χ1) is 11.6. The number of nitrogens with one attached hydrogen (secondary N) is 1. The van der Waals surface area contributed by atoms with Crippen LogP contribution in [0.25, 0.3) is 0 Å². The molecule has 2 aliphatic rings.